The van der Waals surface area contributed by atoms with Crippen molar-refractivity contribution >= 4 is 11.9 Å². The lowest BCUT2D eigenvalue weighted by molar-refractivity contribution is -0.161. The number of carboxylic acids is 1. The van der Waals surface area contributed by atoms with Crippen LogP contribution in [0.15, 0.2) is 24.3 Å². The Balaban J connectivity index is 1.78. The van der Waals surface area contributed by atoms with Crippen molar-refractivity contribution in [3.63, 3.8) is 0 Å². The van der Waals surface area contributed by atoms with Gasteiger partial charge < -0.3 is 14.9 Å². The Bertz CT molecular complexity index is 725. The molecule has 0 aromatic carbocycles. The van der Waals surface area contributed by atoms with E-state index in [0.717, 1.165) is 24.8 Å². The molecule has 5 rings (SSSR count). The van der Waals surface area contributed by atoms with Crippen molar-refractivity contribution in [2.75, 3.05) is 0 Å². The van der Waals surface area contributed by atoms with Crippen molar-refractivity contribution in [3.05, 3.63) is 24.3 Å². The number of allylic oxidation sites excluding steroid dienone is 1. The fraction of sp³-hybridized carbons (Fsp3) is 0.684. The number of hydrogen-bond donors (Lipinski definition) is 2. The molecule has 4 fully saturated rings. The van der Waals surface area contributed by atoms with E-state index in [2.05, 4.69) is 6.58 Å². The lowest BCUT2D eigenvalue weighted by Crippen LogP contribution is -2.50. The Hall–Kier alpha value is -1.62. The highest BCUT2D eigenvalue weighted by molar-refractivity contribution is 5.86. The number of aliphatic hydroxyl groups excluding tert-OH is 1. The fourth-order valence-electron chi connectivity index (χ4n) is 7.14. The lowest BCUT2D eigenvalue weighted by Gasteiger charge is -2.42. The molecule has 5 nitrogen and oxygen atoms in total. The molecule has 1 saturated heterocycles. The van der Waals surface area contributed by atoms with Gasteiger partial charge in [0.15, 0.2) is 0 Å². The Morgan fingerprint density at radius 3 is 2.88 bits per heavy atom. The minimum Gasteiger partial charge on any atom is -0.481 e. The van der Waals surface area contributed by atoms with Gasteiger partial charge in [-0.2, -0.15) is 0 Å². The molecule has 5 aliphatic rings. The van der Waals surface area contributed by atoms with E-state index >= 15 is 0 Å². The van der Waals surface area contributed by atoms with Crippen LogP contribution >= 0.6 is 0 Å². The zero-order valence-corrected chi connectivity index (χ0v) is 13.7. The molecule has 0 unspecified atom stereocenters. The first-order valence-corrected chi connectivity index (χ1v) is 8.79. The minimum atomic E-state index is -1.18. The van der Waals surface area contributed by atoms with Gasteiger partial charge in [0.1, 0.15) is 11.0 Å². The lowest BCUT2D eigenvalue weighted by atomic mass is 9.61. The first-order valence-electron chi connectivity index (χ1n) is 8.79. The molecule has 3 saturated carbocycles. The highest BCUT2D eigenvalue weighted by atomic mass is 16.6. The number of hydrogen-bond acceptors (Lipinski definition) is 4. The number of rotatable bonds is 1. The first kappa shape index (κ1) is 14.7. The topological polar surface area (TPSA) is 83.8 Å². The second-order valence-electron chi connectivity index (χ2n) is 8.72. The molecule has 4 aliphatic carbocycles. The van der Waals surface area contributed by atoms with E-state index in [4.69, 9.17) is 4.74 Å². The van der Waals surface area contributed by atoms with Crippen LogP contribution in [0.4, 0.5) is 0 Å². The van der Waals surface area contributed by atoms with Gasteiger partial charge >= 0.3 is 11.9 Å². The highest BCUT2D eigenvalue weighted by Crippen LogP contribution is 2.76. The van der Waals surface area contributed by atoms with Crippen molar-refractivity contribution in [1.29, 1.82) is 0 Å². The second-order valence-corrected chi connectivity index (χ2v) is 8.72. The van der Waals surface area contributed by atoms with Crippen molar-refractivity contribution in [2.24, 2.45) is 34.5 Å². The summed E-state index contributed by atoms with van der Waals surface area (Å²) in [7, 11) is 0. The Kier molecular flexibility index (Phi) is 2.42. The van der Waals surface area contributed by atoms with Crippen LogP contribution in [0.1, 0.15) is 32.6 Å². The number of fused-ring (bicyclic) bond motifs is 1. The molecule has 0 aromatic rings. The average Bonchev–Trinajstić information content (AvgIpc) is 2.98. The number of carboxylic acid groups (broad SMARTS) is 1. The van der Waals surface area contributed by atoms with Gasteiger partial charge in [-0.3, -0.25) is 9.59 Å². The maximum atomic E-state index is 12.7. The van der Waals surface area contributed by atoms with Crippen LogP contribution in [-0.4, -0.2) is 33.9 Å². The minimum absolute atomic E-state index is 0.00104. The Morgan fingerprint density at radius 2 is 2.17 bits per heavy atom. The number of esters is 1. The molecule has 0 radical (unpaired) electrons. The van der Waals surface area contributed by atoms with Crippen LogP contribution in [0.25, 0.3) is 0 Å². The molecule has 0 amide bonds. The summed E-state index contributed by atoms with van der Waals surface area (Å²) in [5.74, 6) is -2.12. The van der Waals surface area contributed by atoms with Gasteiger partial charge in [-0.05, 0) is 50.0 Å². The van der Waals surface area contributed by atoms with Gasteiger partial charge in [0.05, 0.1) is 12.0 Å². The second kappa shape index (κ2) is 3.96. The van der Waals surface area contributed by atoms with Gasteiger partial charge in [0.25, 0.3) is 0 Å². The van der Waals surface area contributed by atoms with E-state index in [1.807, 2.05) is 6.08 Å². The largest absolute Gasteiger partial charge is 0.481 e. The number of carbonyl (C=O) groups is 2. The first-order chi connectivity index (χ1) is 11.3. The molecule has 1 spiro atoms. The Morgan fingerprint density at radius 1 is 1.42 bits per heavy atom. The van der Waals surface area contributed by atoms with Crippen LogP contribution in [0.5, 0.6) is 0 Å². The van der Waals surface area contributed by atoms with E-state index in [-0.39, 0.29) is 5.92 Å². The van der Waals surface area contributed by atoms with Crippen LogP contribution in [-0.2, 0) is 14.3 Å². The maximum Gasteiger partial charge on any atom is 0.316 e. The predicted octanol–water partition coefficient (Wildman–Crippen LogP) is 1.91. The summed E-state index contributed by atoms with van der Waals surface area (Å²) >= 11 is 0. The summed E-state index contributed by atoms with van der Waals surface area (Å²) in [5, 5.41) is 20.7. The predicted molar refractivity (Wildman–Crippen MR) is 83.7 cm³/mol. The molecule has 1 aliphatic heterocycles. The highest BCUT2D eigenvalue weighted by Gasteiger charge is 2.82. The van der Waals surface area contributed by atoms with Gasteiger partial charge in [-0.15, -0.1) is 0 Å². The third-order valence-electron chi connectivity index (χ3n) is 8.02. The maximum absolute atomic E-state index is 12.7. The van der Waals surface area contributed by atoms with E-state index < -0.39 is 46.3 Å². The zero-order valence-electron chi connectivity index (χ0n) is 13.7. The van der Waals surface area contributed by atoms with E-state index in [1.54, 1.807) is 13.0 Å². The van der Waals surface area contributed by atoms with Crippen molar-refractivity contribution in [1.82, 2.24) is 0 Å². The summed E-state index contributed by atoms with van der Waals surface area (Å²) in [5.41, 5.74) is -1.30. The van der Waals surface area contributed by atoms with Crippen LogP contribution in [0.2, 0.25) is 0 Å². The average molecular weight is 330 g/mol. The van der Waals surface area contributed by atoms with Crippen LogP contribution in [0.3, 0.4) is 0 Å². The summed E-state index contributed by atoms with van der Waals surface area (Å²) in [6.45, 7) is 5.88. The van der Waals surface area contributed by atoms with Crippen molar-refractivity contribution in [3.8, 4) is 0 Å². The van der Waals surface area contributed by atoms with Crippen molar-refractivity contribution < 1.29 is 24.5 Å². The standard InChI is InChI=1S/C19H22O5/c1-9-7-18-8-10(9)3-4-11(18)19-6-5-12(20)17(2,16(23)24-19)14(19)13(18)15(21)22/h5-6,10-14,20H,1,3-4,7-8H2,2H3,(H,21,22)/t10-,11-,12+,13-,14-,17+,18+,19-/m1/s1. The monoisotopic (exact) mass is 330 g/mol. The number of aliphatic hydroxyl groups is 1. The normalized spacial score (nSPS) is 56.8. The molecule has 0 aromatic heterocycles. The summed E-state index contributed by atoms with van der Waals surface area (Å²) < 4.78 is 5.92. The number of ether oxygens (including phenoxy) is 1. The van der Waals surface area contributed by atoms with Crippen LogP contribution < -0.4 is 0 Å². The van der Waals surface area contributed by atoms with Gasteiger partial charge in [0, 0.05) is 11.8 Å². The number of carbonyl (C=O) groups excluding carboxylic acids is 1. The van der Waals surface area contributed by atoms with E-state index in [1.165, 1.54) is 0 Å². The summed E-state index contributed by atoms with van der Waals surface area (Å²) in [6.07, 6.45) is 5.83. The molecule has 2 N–H and O–H groups in total. The molecular weight excluding hydrogens is 308 g/mol. The number of aliphatic carboxylic acids is 1. The summed E-state index contributed by atoms with van der Waals surface area (Å²) in [4.78, 5) is 25.0. The molecule has 5 heteroatoms. The quantitative estimate of drug-likeness (QED) is 0.567. The smallest absolute Gasteiger partial charge is 0.316 e. The molecule has 128 valence electrons. The third-order valence-corrected chi connectivity index (χ3v) is 8.02. The molecule has 8 atom stereocenters. The van der Waals surface area contributed by atoms with E-state index in [9.17, 15) is 19.8 Å². The van der Waals surface area contributed by atoms with Crippen molar-refractivity contribution in [2.45, 2.75) is 44.3 Å². The van der Waals surface area contributed by atoms with Gasteiger partial charge in [0.2, 0.25) is 0 Å². The molecular formula is C19H22O5. The molecule has 24 heavy (non-hydrogen) atoms. The van der Waals surface area contributed by atoms with Gasteiger partial charge in [-0.25, -0.2) is 0 Å². The van der Waals surface area contributed by atoms with Gasteiger partial charge in [-0.1, -0.05) is 18.2 Å². The molecule has 1 heterocycles. The molecule has 4 bridgehead atoms. The SMILES string of the molecule is C=C1C[C@]23C[C@H]1CC[C@H]2[C@@]12C=C[C@H](O)[C@](C)(C(=O)O1)[C@H]2[C@@H]3C(=O)O. The summed E-state index contributed by atoms with van der Waals surface area (Å²) in [6, 6.07) is 0. The Labute approximate surface area is 140 Å². The van der Waals surface area contributed by atoms with Crippen LogP contribution in [0, 0.1) is 34.5 Å². The fourth-order valence-corrected chi connectivity index (χ4v) is 7.14. The van der Waals surface area contributed by atoms with E-state index in [0.29, 0.717) is 12.3 Å². The zero-order chi connectivity index (χ0) is 17.1. The third kappa shape index (κ3) is 1.25.